The summed E-state index contributed by atoms with van der Waals surface area (Å²) in [4.78, 5) is 13.2. The third-order valence-electron chi connectivity index (χ3n) is 4.40. The van der Waals surface area contributed by atoms with Crippen LogP contribution < -0.4 is 0 Å². The number of benzene rings is 2. The van der Waals surface area contributed by atoms with Crippen LogP contribution in [-0.4, -0.2) is 26.8 Å². The van der Waals surface area contributed by atoms with Gasteiger partial charge in [-0.1, -0.05) is 41.6 Å². The summed E-state index contributed by atoms with van der Waals surface area (Å²) < 4.78 is 7.40. The van der Waals surface area contributed by atoms with Gasteiger partial charge in [0.25, 0.3) is 0 Å². The molecule has 0 saturated carbocycles. The van der Waals surface area contributed by atoms with Gasteiger partial charge in [0.05, 0.1) is 17.4 Å². The average Bonchev–Trinajstić information content (AvgIpc) is 3.13. The van der Waals surface area contributed by atoms with Crippen LogP contribution in [0.1, 0.15) is 48.1 Å². The fourth-order valence-corrected chi connectivity index (χ4v) is 4.61. The Balaban J connectivity index is 1.59. The lowest BCUT2D eigenvalue weighted by Gasteiger charge is -2.09. The fraction of sp³-hybridized carbons (Fsp3) is 0.348. The van der Waals surface area contributed by atoms with E-state index >= 15 is 0 Å². The molecule has 0 N–H and O–H groups in total. The summed E-state index contributed by atoms with van der Waals surface area (Å²) in [6.07, 6.45) is -0.119. The number of hydrogen-bond donors (Lipinski definition) is 0. The van der Waals surface area contributed by atoms with Crippen LogP contribution in [0.5, 0.6) is 0 Å². The first-order chi connectivity index (χ1) is 14.5. The predicted octanol–water partition coefficient (Wildman–Crippen LogP) is 5.76. The lowest BCUT2D eigenvalue weighted by Crippen LogP contribution is -2.11. The van der Waals surface area contributed by atoms with Gasteiger partial charge < -0.3 is 9.30 Å². The highest BCUT2D eigenvalue weighted by Gasteiger charge is 2.13. The Morgan fingerprint density at radius 3 is 2.33 bits per heavy atom. The highest BCUT2D eigenvalue weighted by molar-refractivity contribution is 7.98. The molecule has 0 radical (unpaired) electrons. The quantitative estimate of drug-likeness (QED) is 0.311. The lowest BCUT2D eigenvalue weighted by molar-refractivity contribution is 0.0378. The maximum Gasteiger partial charge on any atom is 0.338 e. The van der Waals surface area contributed by atoms with E-state index in [1.165, 1.54) is 10.5 Å². The van der Waals surface area contributed by atoms with E-state index in [9.17, 15) is 4.79 Å². The molecule has 5 nitrogen and oxygen atoms in total. The van der Waals surface area contributed by atoms with Gasteiger partial charge in [-0.15, -0.1) is 22.0 Å². The van der Waals surface area contributed by atoms with E-state index in [1.807, 2.05) is 38.1 Å². The van der Waals surface area contributed by atoms with Crippen molar-refractivity contribution in [1.82, 2.24) is 14.8 Å². The lowest BCUT2D eigenvalue weighted by atomic mass is 10.1. The van der Waals surface area contributed by atoms with Gasteiger partial charge in [0, 0.05) is 17.2 Å². The zero-order valence-corrected chi connectivity index (χ0v) is 19.4. The number of rotatable bonds is 9. The minimum absolute atomic E-state index is 0.119. The molecule has 0 amide bonds. The van der Waals surface area contributed by atoms with Crippen LogP contribution >= 0.6 is 23.5 Å². The normalized spacial score (nSPS) is 11.1. The van der Waals surface area contributed by atoms with E-state index in [-0.39, 0.29) is 12.1 Å². The van der Waals surface area contributed by atoms with Crippen molar-refractivity contribution in [1.29, 1.82) is 0 Å². The molecule has 0 bridgehead atoms. The maximum absolute atomic E-state index is 12.0. The minimum Gasteiger partial charge on any atom is -0.459 e. The standard InChI is InChI=1S/C23H27N3O2S2/c1-5-26-21(15-29-20-12-6-17(4)7-13-20)24-25-23(26)30-14-18-8-10-19(11-9-18)22(27)28-16(2)3/h6-13,16H,5,14-15H2,1-4H3. The fourth-order valence-electron chi connectivity index (χ4n) is 2.80. The average molecular weight is 442 g/mol. The highest BCUT2D eigenvalue weighted by Crippen LogP contribution is 2.26. The van der Waals surface area contributed by atoms with Crippen LogP contribution in [0.25, 0.3) is 0 Å². The first-order valence-corrected chi connectivity index (χ1v) is 12.0. The van der Waals surface area contributed by atoms with Crippen molar-refractivity contribution >= 4 is 29.5 Å². The van der Waals surface area contributed by atoms with Gasteiger partial charge >= 0.3 is 5.97 Å². The molecular formula is C23H27N3O2S2. The molecule has 0 aliphatic heterocycles. The van der Waals surface area contributed by atoms with E-state index in [0.717, 1.165) is 34.6 Å². The zero-order valence-electron chi connectivity index (χ0n) is 17.8. The second kappa shape index (κ2) is 10.7. The van der Waals surface area contributed by atoms with Gasteiger partial charge in [-0.2, -0.15) is 0 Å². The van der Waals surface area contributed by atoms with Gasteiger partial charge in [0.15, 0.2) is 5.16 Å². The summed E-state index contributed by atoms with van der Waals surface area (Å²) >= 11 is 3.43. The van der Waals surface area contributed by atoms with E-state index in [4.69, 9.17) is 4.74 Å². The number of ether oxygens (including phenoxy) is 1. The van der Waals surface area contributed by atoms with Gasteiger partial charge in [0.2, 0.25) is 0 Å². The number of esters is 1. The number of aromatic nitrogens is 3. The van der Waals surface area contributed by atoms with Crippen molar-refractivity contribution in [3.05, 3.63) is 71.0 Å². The van der Waals surface area contributed by atoms with Gasteiger partial charge in [-0.05, 0) is 57.5 Å². The van der Waals surface area contributed by atoms with E-state index in [0.29, 0.717) is 5.56 Å². The molecule has 158 valence electrons. The van der Waals surface area contributed by atoms with Crippen LogP contribution in [0.2, 0.25) is 0 Å². The van der Waals surface area contributed by atoms with Crippen molar-refractivity contribution in [3.8, 4) is 0 Å². The Morgan fingerprint density at radius 2 is 1.70 bits per heavy atom. The SMILES string of the molecule is CCn1c(CSc2ccc(C)cc2)nnc1SCc1ccc(C(=O)OC(C)C)cc1. The summed E-state index contributed by atoms with van der Waals surface area (Å²) in [5.41, 5.74) is 2.96. The molecule has 0 saturated heterocycles. The van der Waals surface area contributed by atoms with Gasteiger partial charge in [0.1, 0.15) is 5.82 Å². The molecule has 0 fully saturated rings. The molecule has 0 atom stereocenters. The molecule has 3 rings (SSSR count). The molecule has 30 heavy (non-hydrogen) atoms. The van der Waals surface area contributed by atoms with Crippen LogP contribution in [0, 0.1) is 6.92 Å². The summed E-state index contributed by atoms with van der Waals surface area (Å²) in [5, 5.41) is 9.72. The van der Waals surface area contributed by atoms with E-state index < -0.39 is 0 Å². The number of nitrogens with zero attached hydrogens (tertiary/aromatic N) is 3. The molecule has 7 heteroatoms. The molecule has 0 unspecified atom stereocenters. The van der Waals surface area contributed by atoms with Crippen LogP contribution in [0.4, 0.5) is 0 Å². The van der Waals surface area contributed by atoms with Crippen molar-refractivity contribution in [2.24, 2.45) is 0 Å². The monoisotopic (exact) mass is 441 g/mol. The second-order valence-electron chi connectivity index (χ2n) is 7.18. The number of carbonyl (C=O) groups is 1. The summed E-state index contributed by atoms with van der Waals surface area (Å²) in [5.74, 6) is 2.25. The second-order valence-corrected chi connectivity index (χ2v) is 9.18. The third kappa shape index (κ3) is 6.12. The minimum atomic E-state index is -0.286. The molecule has 1 heterocycles. The highest BCUT2D eigenvalue weighted by atomic mass is 32.2. The maximum atomic E-state index is 12.0. The molecule has 2 aromatic carbocycles. The van der Waals surface area contributed by atoms with Gasteiger partial charge in [-0.3, -0.25) is 0 Å². The topological polar surface area (TPSA) is 57.0 Å². The number of hydrogen-bond acceptors (Lipinski definition) is 6. The van der Waals surface area contributed by atoms with Crippen molar-refractivity contribution in [3.63, 3.8) is 0 Å². The Hall–Kier alpha value is -2.25. The number of aryl methyl sites for hydroxylation is 1. The zero-order chi connectivity index (χ0) is 21.5. The first kappa shape index (κ1) is 22.4. The van der Waals surface area contributed by atoms with Crippen LogP contribution in [0.15, 0.2) is 58.6 Å². The van der Waals surface area contributed by atoms with Gasteiger partial charge in [-0.25, -0.2) is 4.79 Å². The molecule has 1 aromatic heterocycles. The Morgan fingerprint density at radius 1 is 1.00 bits per heavy atom. The van der Waals surface area contributed by atoms with E-state index in [2.05, 4.69) is 52.9 Å². The molecule has 3 aromatic rings. The molecule has 0 aliphatic rings. The Bertz CT molecular complexity index is 967. The molecular weight excluding hydrogens is 414 g/mol. The Kier molecular flexibility index (Phi) is 7.99. The predicted molar refractivity (Wildman–Crippen MR) is 123 cm³/mol. The smallest absolute Gasteiger partial charge is 0.338 e. The third-order valence-corrected chi connectivity index (χ3v) is 6.44. The van der Waals surface area contributed by atoms with Crippen LogP contribution in [0.3, 0.4) is 0 Å². The molecule has 0 aliphatic carbocycles. The Labute approximate surface area is 186 Å². The number of carbonyl (C=O) groups excluding carboxylic acids is 1. The van der Waals surface area contributed by atoms with Crippen molar-refractivity contribution in [2.45, 2.75) is 61.9 Å². The first-order valence-electron chi connectivity index (χ1n) is 10.0. The van der Waals surface area contributed by atoms with E-state index in [1.54, 1.807) is 23.5 Å². The van der Waals surface area contributed by atoms with Crippen LogP contribution in [-0.2, 0) is 22.8 Å². The largest absolute Gasteiger partial charge is 0.459 e. The summed E-state index contributed by atoms with van der Waals surface area (Å²) in [7, 11) is 0. The van der Waals surface area contributed by atoms with Crippen molar-refractivity contribution < 1.29 is 9.53 Å². The summed E-state index contributed by atoms with van der Waals surface area (Å²) in [6, 6.07) is 16.1. The molecule has 0 spiro atoms. The summed E-state index contributed by atoms with van der Waals surface area (Å²) in [6.45, 7) is 8.74. The van der Waals surface area contributed by atoms with Crippen molar-refractivity contribution in [2.75, 3.05) is 0 Å². The number of thioether (sulfide) groups is 2.